The normalized spacial score (nSPS) is 13.7. The topological polar surface area (TPSA) is 220 Å². The van der Waals surface area contributed by atoms with E-state index in [2.05, 4.69) is 16.0 Å². The van der Waals surface area contributed by atoms with E-state index in [0.29, 0.717) is 19.4 Å². The number of unbranched alkanes of at least 4 members (excludes halogenated alkanes) is 1. The number of hydrogen-bond acceptors (Lipinski definition) is 7. The smallest absolute Gasteiger partial charge is 0.326 e. The Morgan fingerprint density at radius 1 is 1.00 bits per heavy atom. The van der Waals surface area contributed by atoms with Crippen molar-refractivity contribution in [3.8, 4) is 0 Å². The lowest BCUT2D eigenvalue weighted by molar-refractivity contribution is -0.142. The fraction of sp³-hybridized carbons (Fsp3) is 0.667. The second kappa shape index (κ2) is 12.6. The number of nitrogens with one attached hydrogen (secondary N) is 3. The highest BCUT2D eigenvalue weighted by Gasteiger charge is 2.25. The van der Waals surface area contributed by atoms with Gasteiger partial charge in [0, 0.05) is 0 Å². The van der Waals surface area contributed by atoms with Crippen LogP contribution in [0.4, 0.5) is 0 Å². The third-order valence-corrected chi connectivity index (χ3v) is 3.46. The molecule has 27 heavy (non-hydrogen) atoms. The van der Waals surface area contributed by atoms with Crippen LogP contribution in [0.2, 0.25) is 0 Å². The number of nitrogens with two attached hydrogens (primary N) is 3. The first kappa shape index (κ1) is 24.3. The van der Waals surface area contributed by atoms with Gasteiger partial charge in [-0.2, -0.15) is 0 Å². The Kier molecular flexibility index (Phi) is 11.3. The van der Waals surface area contributed by atoms with Gasteiger partial charge < -0.3 is 38.3 Å². The monoisotopic (exact) mass is 388 g/mol. The number of carboxylic acid groups (broad SMARTS) is 1. The number of rotatable bonds is 13. The molecule has 10 N–H and O–H groups in total. The van der Waals surface area contributed by atoms with Gasteiger partial charge in [-0.05, 0) is 32.7 Å². The minimum Gasteiger partial charge on any atom is -0.480 e. The number of carboxylic acids is 1. The van der Waals surface area contributed by atoms with Crippen molar-refractivity contribution < 1.29 is 29.1 Å². The molecule has 0 radical (unpaired) electrons. The molecular formula is C15H28N6O6. The summed E-state index contributed by atoms with van der Waals surface area (Å²) in [6.07, 6.45) is 0.845. The van der Waals surface area contributed by atoms with Crippen molar-refractivity contribution in [2.24, 2.45) is 17.2 Å². The fourth-order valence-electron chi connectivity index (χ4n) is 2.00. The average molecular weight is 388 g/mol. The quantitative estimate of drug-likeness (QED) is 0.156. The van der Waals surface area contributed by atoms with Crippen LogP contribution in [-0.4, -0.2) is 65.9 Å². The molecule has 0 heterocycles. The van der Waals surface area contributed by atoms with E-state index in [1.54, 1.807) is 0 Å². The average Bonchev–Trinajstić information content (AvgIpc) is 2.57. The Labute approximate surface area is 156 Å². The Hall–Kier alpha value is -2.73. The first-order valence-electron chi connectivity index (χ1n) is 8.42. The maximum atomic E-state index is 12.1. The summed E-state index contributed by atoms with van der Waals surface area (Å²) in [7, 11) is 0. The minimum absolute atomic E-state index is 0.195. The number of carbonyl (C=O) groups excluding carboxylic acids is 4. The number of aliphatic carboxylic acids is 1. The Balaban J connectivity index is 4.66. The van der Waals surface area contributed by atoms with E-state index >= 15 is 0 Å². The van der Waals surface area contributed by atoms with Gasteiger partial charge in [0.15, 0.2) is 0 Å². The summed E-state index contributed by atoms with van der Waals surface area (Å²) >= 11 is 0. The molecular weight excluding hydrogens is 360 g/mol. The van der Waals surface area contributed by atoms with Crippen molar-refractivity contribution in [1.82, 2.24) is 16.0 Å². The molecule has 0 aromatic heterocycles. The number of hydrogen-bond donors (Lipinski definition) is 7. The molecule has 0 fully saturated rings. The van der Waals surface area contributed by atoms with Crippen molar-refractivity contribution in [3.05, 3.63) is 0 Å². The van der Waals surface area contributed by atoms with Crippen molar-refractivity contribution in [1.29, 1.82) is 0 Å². The molecule has 12 heteroatoms. The van der Waals surface area contributed by atoms with E-state index in [-0.39, 0.29) is 6.42 Å². The largest absolute Gasteiger partial charge is 0.480 e. The van der Waals surface area contributed by atoms with Crippen molar-refractivity contribution in [2.45, 2.75) is 50.7 Å². The van der Waals surface area contributed by atoms with Crippen LogP contribution < -0.4 is 33.2 Å². The zero-order valence-corrected chi connectivity index (χ0v) is 15.2. The lowest BCUT2D eigenvalue weighted by Gasteiger charge is -2.19. The summed E-state index contributed by atoms with van der Waals surface area (Å²) in [4.78, 5) is 57.7. The van der Waals surface area contributed by atoms with Crippen LogP contribution in [0.1, 0.15) is 32.6 Å². The van der Waals surface area contributed by atoms with Gasteiger partial charge in [-0.3, -0.25) is 19.2 Å². The summed E-state index contributed by atoms with van der Waals surface area (Å²) in [6.45, 7) is 1.26. The standard InChI is InChI=1S/C15H28N6O6/c1-8(17)13(24)21-10(6-11(18)22)14(25)19-7-12(23)20-9(15(26)27)4-2-3-5-16/h8-10H,2-7,16-17H2,1H3,(H2,18,22)(H,19,25)(H,20,23)(H,21,24)(H,26,27). The SMILES string of the molecule is CC(N)C(=O)NC(CC(N)=O)C(=O)NCC(=O)NC(CCCCN)C(=O)O. The van der Waals surface area contributed by atoms with Gasteiger partial charge in [0.1, 0.15) is 12.1 Å². The highest BCUT2D eigenvalue weighted by atomic mass is 16.4. The molecule has 0 aliphatic heterocycles. The minimum atomic E-state index is -1.30. The molecule has 154 valence electrons. The van der Waals surface area contributed by atoms with Gasteiger partial charge in [-0.15, -0.1) is 0 Å². The van der Waals surface area contributed by atoms with Crippen LogP contribution in [-0.2, 0) is 24.0 Å². The maximum Gasteiger partial charge on any atom is 0.326 e. The van der Waals surface area contributed by atoms with E-state index in [9.17, 15) is 24.0 Å². The van der Waals surface area contributed by atoms with Gasteiger partial charge in [0.05, 0.1) is 19.0 Å². The lowest BCUT2D eigenvalue weighted by Crippen LogP contribution is -2.54. The molecule has 0 saturated carbocycles. The second-order valence-electron chi connectivity index (χ2n) is 5.98. The van der Waals surface area contributed by atoms with Crippen molar-refractivity contribution in [3.63, 3.8) is 0 Å². The van der Waals surface area contributed by atoms with E-state index in [0.717, 1.165) is 0 Å². The van der Waals surface area contributed by atoms with Crippen LogP contribution >= 0.6 is 0 Å². The summed E-state index contributed by atoms with van der Waals surface area (Å²) in [5, 5.41) is 15.8. The fourth-order valence-corrected chi connectivity index (χ4v) is 2.00. The van der Waals surface area contributed by atoms with Crippen molar-refractivity contribution in [2.75, 3.05) is 13.1 Å². The number of primary amides is 1. The Bertz CT molecular complexity index is 553. The number of amides is 4. The highest BCUT2D eigenvalue weighted by Crippen LogP contribution is 2.00. The zero-order valence-electron chi connectivity index (χ0n) is 15.2. The van der Waals surface area contributed by atoms with E-state index in [1.807, 2.05) is 0 Å². The molecule has 0 aromatic carbocycles. The summed E-state index contributed by atoms with van der Waals surface area (Å²) in [6, 6.07) is -3.32. The van der Waals surface area contributed by atoms with Gasteiger partial charge in [0.25, 0.3) is 0 Å². The van der Waals surface area contributed by atoms with E-state index in [1.165, 1.54) is 6.92 Å². The first-order valence-corrected chi connectivity index (χ1v) is 8.42. The maximum absolute atomic E-state index is 12.1. The Morgan fingerprint density at radius 3 is 2.11 bits per heavy atom. The molecule has 0 rings (SSSR count). The Morgan fingerprint density at radius 2 is 1.63 bits per heavy atom. The second-order valence-corrected chi connectivity index (χ2v) is 5.98. The third kappa shape index (κ3) is 10.8. The predicted molar refractivity (Wildman–Crippen MR) is 94.9 cm³/mol. The van der Waals surface area contributed by atoms with E-state index < -0.39 is 60.7 Å². The molecule has 4 amide bonds. The number of carbonyl (C=O) groups is 5. The molecule has 0 bridgehead atoms. The summed E-state index contributed by atoms with van der Waals surface area (Å²) < 4.78 is 0. The van der Waals surface area contributed by atoms with Crippen LogP contribution in [0, 0.1) is 0 Å². The van der Waals surface area contributed by atoms with Gasteiger partial charge in [0.2, 0.25) is 23.6 Å². The van der Waals surface area contributed by atoms with Gasteiger partial charge >= 0.3 is 5.97 Å². The molecule has 0 aromatic rings. The van der Waals surface area contributed by atoms with Crippen LogP contribution in [0.15, 0.2) is 0 Å². The van der Waals surface area contributed by atoms with Gasteiger partial charge in [-0.25, -0.2) is 4.79 Å². The predicted octanol–water partition coefficient (Wildman–Crippen LogP) is -3.49. The summed E-state index contributed by atoms with van der Waals surface area (Å²) in [5.74, 6) is -4.28. The molecule has 0 spiro atoms. The first-order chi connectivity index (χ1) is 12.6. The molecule has 0 aliphatic rings. The lowest BCUT2D eigenvalue weighted by atomic mass is 10.1. The zero-order chi connectivity index (χ0) is 21.0. The summed E-state index contributed by atoms with van der Waals surface area (Å²) in [5.41, 5.74) is 15.8. The molecule has 0 aliphatic carbocycles. The van der Waals surface area contributed by atoms with Crippen LogP contribution in [0.5, 0.6) is 0 Å². The van der Waals surface area contributed by atoms with Crippen molar-refractivity contribution >= 4 is 29.6 Å². The highest BCUT2D eigenvalue weighted by molar-refractivity contribution is 5.94. The van der Waals surface area contributed by atoms with Crippen LogP contribution in [0.25, 0.3) is 0 Å². The van der Waals surface area contributed by atoms with E-state index in [4.69, 9.17) is 22.3 Å². The third-order valence-electron chi connectivity index (χ3n) is 3.46. The van der Waals surface area contributed by atoms with Gasteiger partial charge in [-0.1, -0.05) is 0 Å². The van der Waals surface area contributed by atoms with Crippen LogP contribution in [0.3, 0.4) is 0 Å². The molecule has 3 unspecified atom stereocenters. The molecule has 12 nitrogen and oxygen atoms in total. The molecule has 3 atom stereocenters. The molecule has 0 saturated heterocycles.